The third-order valence-corrected chi connectivity index (χ3v) is 4.29. The van der Waals surface area contributed by atoms with E-state index in [0.717, 1.165) is 31.4 Å². The highest BCUT2D eigenvalue weighted by Crippen LogP contribution is 2.25. The van der Waals surface area contributed by atoms with E-state index in [-0.39, 0.29) is 11.9 Å². The maximum Gasteiger partial charge on any atom is 0.222 e. The molecule has 20 heavy (non-hydrogen) atoms. The largest absolute Gasteiger partial charge is 0.339 e. The molecule has 2 atom stereocenters. The SMILES string of the molecule is CC(C)C1CCCN1C(=O)CCC(N)c1ccccc1. The fourth-order valence-corrected chi connectivity index (χ4v) is 3.08. The minimum atomic E-state index is -0.0414. The maximum absolute atomic E-state index is 12.4. The second-order valence-electron chi connectivity index (χ2n) is 6.10. The highest BCUT2D eigenvalue weighted by molar-refractivity contribution is 5.76. The van der Waals surface area contributed by atoms with Crippen LogP contribution in [0.2, 0.25) is 0 Å². The van der Waals surface area contributed by atoms with Crippen LogP contribution in [0.25, 0.3) is 0 Å². The van der Waals surface area contributed by atoms with E-state index >= 15 is 0 Å². The third-order valence-electron chi connectivity index (χ3n) is 4.29. The van der Waals surface area contributed by atoms with Gasteiger partial charge in [0.15, 0.2) is 0 Å². The van der Waals surface area contributed by atoms with Crippen molar-refractivity contribution in [1.82, 2.24) is 4.90 Å². The summed E-state index contributed by atoms with van der Waals surface area (Å²) < 4.78 is 0. The standard InChI is InChI=1S/C17H26N2O/c1-13(2)16-9-6-12-19(16)17(20)11-10-15(18)14-7-4-3-5-8-14/h3-5,7-8,13,15-16H,6,9-12,18H2,1-2H3. The number of nitrogens with two attached hydrogens (primary N) is 1. The smallest absolute Gasteiger partial charge is 0.222 e. The van der Waals surface area contributed by atoms with Gasteiger partial charge in [0.2, 0.25) is 5.91 Å². The Kier molecular flexibility index (Phi) is 5.18. The van der Waals surface area contributed by atoms with Crippen molar-refractivity contribution in [1.29, 1.82) is 0 Å². The lowest BCUT2D eigenvalue weighted by Crippen LogP contribution is -2.38. The molecule has 3 heteroatoms. The van der Waals surface area contributed by atoms with Crippen molar-refractivity contribution >= 4 is 5.91 Å². The number of nitrogens with zero attached hydrogens (tertiary/aromatic N) is 1. The van der Waals surface area contributed by atoms with Crippen LogP contribution in [-0.2, 0) is 4.79 Å². The van der Waals surface area contributed by atoms with Crippen molar-refractivity contribution in [2.45, 2.75) is 51.6 Å². The molecule has 1 aromatic rings. The molecule has 3 nitrogen and oxygen atoms in total. The Hall–Kier alpha value is -1.35. The zero-order valence-corrected chi connectivity index (χ0v) is 12.6. The van der Waals surface area contributed by atoms with Crippen LogP contribution in [0, 0.1) is 5.92 Å². The van der Waals surface area contributed by atoms with Gasteiger partial charge in [0.1, 0.15) is 0 Å². The predicted molar refractivity (Wildman–Crippen MR) is 82.2 cm³/mol. The van der Waals surface area contributed by atoms with Gasteiger partial charge < -0.3 is 10.6 Å². The second kappa shape index (κ2) is 6.89. The molecule has 0 aliphatic carbocycles. The first-order valence-corrected chi connectivity index (χ1v) is 7.69. The van der Waals surface area contributed by atoms with E-state index in [2.05, 4.69) is 18.7 Å². The van der Waals surface area contributed by atoms with E-state index < -0.39 is 0 Å². The average molecular weight is 274 g/mol. The number of amides is 1. The first-order valence-electron chi connectivity index (χ1n) is 7.69. The summed E-state index contributed by atoms with van der Waals surface area (Å²) in [6.07, 6.45) is 3.57. The van der Waals surface area contributed by atoms with Gasteiger partial charge in [-0.15, -0.1) is 0 Å². The molecule has 1 heterocycles. The molecule has 1 aliphatic rings. The molecule has 0 radical (unpaired) electrons. The molecule has 0 aromatic heterocycles. The molecule has 110 valence electrons. The van der Waals surface area contributed by atoms with Crippen molar-refractivity contribution < 1.29 is 4.79 Å². The van der Waals surface area contributed by atoms with Crippen LogP contribution in [0.4, 0.5) is 0 Å². The summed E-state index contributed by atoms with van der Waals surface area (Å²) in [7, 11) is 0. The molecule has 1 aromatic carbocycles. The van der Waals surface area contributed by atoms with Gasteiger partial charge in [0, 0.05) is 25.0 Å². The fourth-order valence-electron chi connectivity index (χ4n) is 3.08. The third kappa shape index (κ3) is 3.60. The molecule has 1 amide bonds. The second-order valence-corrected chi connectivity index (χ2v) is 6.10. The van der Waals surface area contributed by atoms with E-state index in [1.807, 2.05) is 30.3 Å². The monoisotopic (exact) mass is 274 g/mol. The lowest BCUT2D eigenvalue weighted by molar-refractivity contribution is -0.132. The number of hydrogen-bond donors (Lipinski definition) is 1. The van der Waals surface area contributed by atoms with Crippen LogP contribution in [0.5, 0.6) is 0 Å². The van der Waals surface area contributed by atoms with Gasteiger partial charge >= 0.3 is 0 Å². The molecule has 0 spiro atoms. The molecule has 2 unspecified atom stereocenters. The van der Waals surface area contributed by atoms with Gasteiger partial charge in [-0.05, 0) is 30.7 Å². The molecule has 1 aliphatic heterocycles. The van der Waals surface area contributed by atoms with Crippen molar-refractivity contribution in [3.05, 3.63) is 35.9 Å². The van der Waals surface area contributed by atoms with Crippen LogP contribution in [-0.4, -0.2) is 23.4 Å². The Labute approximate surface area is 122 Å². The fraction of sp³-hybridized carbons (Fsp3) is 0.588. The first-order chi connectivity index (χ1) is 9.59. The Bertz CT molecular complexity index is 430. The van der Waals surface area contributed by atoms with E-state index in [4.69, 9.17) is 5.73 Å². The molecule has 2 rings (SSSR count). The predicted octanol–water partition coefficient (Wildman–Crippen LogP) is 3.11. The molecule has 0 saturated carbocycles. The van der Waals surface area contributed by atoms with E-state index in [0.29, 0.717) is 18.4 Å². The quantitative estimate of drug-likeness (QED) is 0.896. The van der Waals surface area contributed by atoms with Gasteiger partial charge in [-0.25, -0.2) is 0 Å². The van der Waals surface area contributed by atoms with Crippen molar-refractivity contribution in [3.8, 4) is 0 Å². The number of carbonyl (C=O) groups is 1. The summed E-state index contributed by atoms with van der Waals surface area (Å²) in [5.74, 6) is 0.817. The van der Waals surface area contributed by atoms with Crippen LogP contribution in [0.3, 0.4) is 0 Å². The Morgan fingerprint density at radius 2 is 2.05 bits per heavy atom. The lowest BCUT2D eigenvalue weighted by atomic mass is 10.0. The lowest BCUT2D eigenvalue weighted by Gasteiger charge is -2.28. The highest BCUT2D eigenvalue weighted by Gasteiger charge is 2.30. The van der Waals surface area contributed by atoms with Crippen LogP contribution < -0.4 is 5.73 Å². The summed E-state index contributed by atoms with van der Waals surface area (Å²) in [6, 6.07) is 10.4. The minimum Gasteiger partial charge on any atom is -0.339 e. The number of hydrogen-bond acceptors (Lipinski definition) is 2. The van der Waals surface area contributed by atoms with Gasteiger partial charge in [-0.3, -0.25) is 4.79 Å². The van der Waals surface area contributed by atoms with Crippen molar-refractivity contribution in [2.24, 2.45) is 11.7 Å². The minimum absolute atomic E-state index is 0.0414. The Morgan fingerprint density at radius 1 is 1.35 bits per heavy atom. The number of carbonyl (C=O) groups excluding carboxylic acids is 1. The van der Waals surface area contributed by atoms with E-state index in [1.54, 1.807) is 0 Å². The molecular formula is C17H26N2O. The number of rotatable bonds is 5. The zero-order valence-electron chi connectivity index (χ0n) is 12.6. The topological polar surface area (TPSA) is 46.3 Å². The number of benzene rings is 1. The summed E-state index contributed by atoms with van der Waals surface area (Å²) in [4.78, 5) is 14.4. The molecule has 2 N–H and O–H groups in total. The maximum atomic E-state index is 12.4. The van der Waals surface area contributed by atoms with Crippen molar-refractivity contribution in [3.63, 3.8) is 0 Å². The highest BCUT2D eigenvalue weighted by atomic mass is 16.2. The first kappa shape index (κ1) is 15.0. The van der Waals surface area contributed by atoms with Crippen LogP contribution >= 0.6 is 0 Å². The molecule has 0 bridgehead atoms. The zero-order chi connectivity index (χ0) is 14.5. The summed E-state index contributed by atoms with van der Waals surface area (Å²) in [6.45, 7) is 5.32. The van der Waals surface area contributed by atoms with Gasteiger partial charge in [0.25, 0.3) is 0 Å². The summed E-state index contributed by atoms with van der Waals surface area (Å²) >= 11 is 0. The molecule has 1 saturated heterocycles. The summed E-state index contributed by atoms with van der Waals surface area (Å²) in [5, 5.41) is 0. The van der Waals surface area contributed by atoms with Crippen LogP contribution in [0.15, 0.2) is 30.3 Å². The normalized spacial score (nSPS) is 20.4. The van der Waals surface area contributed by atoms with Crippen molar-refractivity contribution in [2.75, 3.05) is 6.54 Å². The Morgan fingerprint density at radius 3 is 2.70 bits per heavy atom. The average Bonchev–Trinajstić information content (AvgIpc) is 2.95. The number of likely N-dealkylation sites (tertiary alicyclic amines) is 1. The Balaban J connectivity index is 1.86. The van der Waals surface area contributed by atoms with Gasteiger partial charge in [-0.1, -0.05) is 44.2 Å². The molecule has 1 fully saturated rings. The van der Waals surface area contributed by atoms with Gasteiger partial charge in [0.05, 0.1) is 0 Å². The van der Waals surface area contributed by atoms with E-state index in [1.165, 1.54) is 0 Å². The van der Waals surface area contributed by atoms with Crippen LogP contribution in [0.1, 0.15) is 51.1 Å². The van der Waals surface area contributed by atoms with E-state index in [9.17, 15) is 4.79 Å². The molecular weight excluding hydrogens is 248 g/mol. The summed E-state index contributed by atoms with van der Waals surface area (Å²) in [5.41, 5.74) is 7.28. The van der Waals surface area contributed by atoms with Gasteiger partial charge in [-0.2, -0.15) is 0 Å².